The largest absolute Gasteiger partial charge is 0.357 e. The van der Waals surface area contributed by atoms with Crippen molar-refractivity contribution in [2.75, 3.05) is 46.8 Å². The highest BCUT2D eigenvalue weighted by Gasteiger charge is 2.09. The molecule has 0 aliphatic carbocycles. The van der Waals surface area contributed by atoms with Crippen molar-refractivity contribution >= 4 is 35.8 Å². The molecule has 1 rings (SSSR count). The predicted molar refractivity (Wildman–Crippen MR) is 139 cm³/mol. The van der Waals surface area contributed by atoms with Gasteiger partial charge in [-0.15, -0.1) is 24.0 Å². The highest BCUT2D eigenvalue weighted by Crippen LogP contribution is 2.08. The number of benzene rings is 1. The molecule has 2 N–H and O–H groups in total. The maximum atomic E-state index is 12.1. The molecule has 1 atom stereocenters. The number of guanidine groups is 1. The number of aliphatic imine (C=N–C) groups is 1. The lowest BCUT2D eigenvalue weighted by Gasteiger charge is -2.21. The number of halogens is 1. The Kier molecular flexibility index (Phi) is 15.6. The molecule has 30 heavy (non-hydrogen) atoms. The van der Waals surface area contributed by atoms with Gasteiger partial charge in [-0.3, -0.25) is 9.79 Å². The lowest BCUT2D eigenvalue weighted by atomic mass is 10.1. The van der Waals surface area contributed by atoms with Crippen molar-refractivity contribution in [1.82, 2.24) is 20.4 Å². The Labute approximate surface area is 200 Å². The Bertz CT molecular complexity index is 632. The zero-order valence-electron chi connectivity index (χ0n) is 19.7. The quantitative estimate of drug-likeness (QED) is 0.246. The number of rotatable bonds is 12. The van der Waals surface area contributed by atoms with Crippen molar-refractivity contribution in [2.45, 2.75) is 53.0 Å². The first-order valence-electron chi connectivity index (χ1n) is 11.0. The van der Waals surface area contributed by atoms with Crippen LogP contribution in [0.2, 0.25) is 0 Å². The molecule has 0 heterocycles. The van der Waals surface area contributed by atoms with Gasteiger partial charge in [-0.25, -0.2) is 0 Å². The molecule has 1 aromatic rings. The van der Waals surface area contributed by atoms with Gasteiger partial charge in [0, 0.05) is 38.8 Å². The molecule has 0 aliphatic heterocycles. The van der Waals surface area contributed by atoms with E-state index in [9.17, 15) is 4.79 Å². The highest BCUT2D eigenvalue weighted by atomic mass is 127. The van der Waals surface area contributed by atoms with Crippen LogP contribution in [0.1, 0.15) is 56.5 Å². The smallest absolute Gasteiger partial charge is 0.253 e. The second-order valence-electron chi connectivity index (χ2n) is 7.63. The van der Waals surface area contributed by atoms with E-state index in [0.717, 1.165) is 56.1 Å². The maximum Gasteiger partial charge on any atom is 0.253 e. The summed E-state index contributed by atoms with van der Waals surface area (Å²) >= 11 is 0. The molecule has 1 amide bonds. The van der Waals surface area contributed by atoms with E-state index in [-0.39, 0.29) is 29.9 Å². The Morgan fingerprint density at radius 3 is 2.47 bits per heavy atom. The fraction of sp³-hybridized carbons (Fsp3) is 0.652. The molecule has 0 bridgehead atoms. The number of carbonyl (C=O) groups is 1. The van der Waals surface area contributed by atoms with Gasteiger partial charge in [-0.2, -0.15) is 0 Å². The average Bonchev–Trinajstić information content (AvgIpc) is 2.71. The Morgan fingerprint density at radius 2 is 1.87 bits per heavy atom. The molecule has 0 saturated heterocycles. The second-order valence-corrected chi connectivity index (χ2v) is 7.63. The number of nitrogens with zero attached hydrogens (tertiary/aromatic N) is 3. The minimum atomic E-state index is 0. The molecule has 0 radical (unpaired) electrons. The van der Waals surface area contributed by atoms with E-state index >= 15 is 0 Å². The van der Waals surface area contributed by atoms with Gasteiger partial charge in [0.15, 0.2) is 5.96 Å². The van der Waals surface area contributed by atoms with Crippen LogP contribution < -0.4 is 10.6 Å². The minimum absolute atomic E-state index is 0. The van der Waals surface area contributed by atoms with Crippen LogP contribution in [0.15, 0.2) is 29.3 Å². The first kappa shape index (κ1) is 28.6. The molecule has 0 aromatic heterocycles. The lowest BCUT2D eigenvalue weighted by molar-refractivity contribution is 0.0827. The van der Waals surface area contributed by atoms with Gasteiger partial charge in [-0.1, -0.05) is 26.0 Å². The molecule has 0 aliphatic rings. The standard InChI is InChI=1S/C23H41N5O.HI/c1-7-24-23(26-19(4)12-11-17-28(8-2)9-3)25-16-15-20-13-10-14-21(18-20)22(29)27(5)6;/h10,13-14,18-19H,7-9,11-12,15-17H2,1-6H3,(H2,24,25,26);1H. The van der Waals surface area contributed by atoms with Crippen molar-refractivity contribution in [1.29, 1.82) is 0 Å². The van der Waals surface area contributed by atoms with E-state index in [0.29, 0.717) is 12.6 Å². The van der Waals surface area contributed by atoms with Crippen molar-refractivity contribution < 1.29 is 4.79 Å². The van der Waals surface area contributed by atoms with Gasteiger partial charge in [-0.05, 0) is 70.4 Å². The molecule has 0 fully saturated rings. The highest BCUT2D eigenvalue weighted by molar-refractivity contribution is 14.0. The summed E-state index contributed by atoms with van der Waals surface area (Å²) in [5.41, 5.74) is 1.85. The van der Waals surface area contributed by atoms with Gasteiger partial charge in [0.1, 0.15) is 0 Å². The van der Waals surface area contributed by atoms with Crippen LogP contribution in [0.3, 0.4) is 0 Å². The fourth-order valence-corrected chi connectivity index (χ4v) is 3.20. The molecular formula is C23H42IN5O. The van der Waals surface area contributed by atoms with E-state index in [1.165, 1.54) is 6.42 Å². The summed E-state index contributed by atoms with van der Waals surface area (Å²) < 4.78 is 0. The fourth-order valence-electron chi connectivity index (χ4n) is 3.20. The lowest BCUT2D eigenvalue weighted by Crippen LogP contribution is -2.42. The van der Waals surface area contributed by atoms with Crippen LogP contribution in [0.4, 0.5) is 0 Å². The van der Waals surface area contributed by atoms with Gasteiger partial charge >= 0.3 is 0 Å². The van der Waals surface area contributed by atoms with Crippen molar-refractivity contribution in [2.24, 2.45) is 4.99 Å². The zero-order chi connectivity index (χ0) is 21.6. The molecular weight excluding hydrogens is 489 g/mol. The normalized spacial score (nSPS) is 12.3. The Balaban J connectivity index is 0.00000841. The number of amides is 1. The van der Waals surface area contributed by atoms with Crippen LogP contribution in [0.5, 0.6) is 0 Å². The third-order valence-electron chi connectivity index (χ3n) is 4.98. The molecule has 172 valence electrons. The Hall–Kier alpha value is -1.35. The van der Waals surface area contributed by atoms with Crippen molar-refractivity contribution in [3.05, 3.63) is 35.4 Å². The molecule has 1 aromatic carbocycles. The zero-order valence-corrected chi connectivity index (χ0v) is 22.0. The average molecular weight is 532 g/mol. The van der Waals surface area contributed by atoms with Crippen molar-refractivity contribution in [3.8, 4) is 0 Å². The number of nitrogens with one attached hydrogen (secondary N) is 2. The SMILES string of the molecule is CCNC(=NCCc1cccc(C(=O)N(C)C)c1)NC(C)CCCN(CC)CC.I. The summed E-state index contributed by atoms with van der Waals surface area (Å²) in [6.45, 7) is 13.6. The van der Waals surface area contributed by atoms with E-state index in [4.69, 9.17) is 4.99 Å². The first-order chi connectivity index (χ1) is 13.9. The monoisotopic (exact) mass is 531 g/mol. The van der Waals surface area contributed by atoms with E-state index in [2.05, 4.69) is 49.3 Å². The third kappa shape index (κ3) is 11.2. The van der Waals surface area contributed by atoms with Gasteiger partial charge in [0.05, 0.1) is 0 Å². The minimum Gasteiger partial charge on any atom is -0.357 e. The molecule has 7 heteroatoms. The van der Waals surface area contributed by atoms with Crippen LogP contribution >= 0.6 is 24.0 Å². The summed E-state index contributed by atoms with van der Waals surface area (Å²) in [5.74, 6) is 0.896. The van der Waals surface area contributed by atoms with Gasteiger partial charge < -0.3 is 20.4 Å². The molecule has 0 saturated carbocycles. The van der Waals surface area contributed by atoms with E-state index < -0.39 is 0 Å². The van der Waals surface area contributed by atoms with Crippen LogP contribution in [0, 0.1) is 0 Å². The number of hydrogen-bond donors (Lipinski definition) is 2. The molecule has 0 spiro atoms. The third-order valence-corrected chi connectivity index (χ3v) is 4.98. The molecule has 6 nitrogen and oxygen atoms in total. The van der Waals surface area contributed by atoms with Gasteiger partial charge in [0.2, 0.25) is 0 Å². The first-order valence-corrected chi connectivity index (χ1v) is 11.0. The maximum absolute atomic E-state index is 12.1. The summed E-state index contributed by atoms with van der Waals surface area (Å²) in [6, 6.07) is 8.20. The summed E-state index contributed by atoms with van der Waals surface area (Å²) in [6.07, 6.45) is 3.11. The van der Waals surface area contributed by atoms with Crippen LogP contribution in [-0.4, -0.2) is 74.5 Å². The topological polar surface area (TPSA) is 60.0 Å². The van der Waals surface area contributed by atoms with E-state index in [1.54, 1.807) is 19.0 Å². The predicted octanol–water partition coefficient (Wildman–Crippen LogP) is 3.61. The van der Waals surface area contributed by atoms with Crippen molar-refractivity contribution in [3.63, 3.8) is 0 Å². The van der Waals surface area contributed by atoms with Gasteiger partial charge in [0.25, 0.3) is 5.91 Å². The summed E-state index contributed by atoms with van der Waals surface area (Å²) in [4.78, 5) is 20.9. The number of hydrogen-bond acceptors (Lipinski definition) is 3. The summed E-state index contributed by atoms with van der Waals surface area (Å²) in [5, 5.41) is 6.85. The Morgan fingerprint density at radius 1 is 1.17 bits per heavy atom. The number of carbonyl (C=O) groups excluding carboxylic acids is 1. The van der Waals surface area contributed by atoms with E-state index in [1.807, 2.05) is 18.2 Å². The summed E-state index contributed by atoms with van der Waals surface area (Å²) in [7, 11) is 3.55. The van der Waals surface area contributed by atoms with Crippen LogP contribution in [0.25, 0.3) is 0 Å². The molecule has 1 unspecified atom stereocenters. The van der Waals surface area contributed by atoms with Crippen LogP contribution in [-0.2, 0) is 6.42 Å². The second kappa shape index (κ2) is 16.4.